The molecule has 3 heterocycles. The molecule has 0 aliphatic carbocycles. The zero-order valence-electron chi connectivity index (χ0n) is 10.9. The van der Waals surface area contributed by atoms with Gasteiger partial charge in [-0.3, -0.25) is 4.90 Å². The van der Waals surface area contributed by atoms with E-state index in [1.807, 2.05) is 6.07 Å². The van der Waals surface area contributed by atoms with E-state index < -0.39 is 12.1 Å². The molecular weight excluding hydrogens is 242 g/mol. The van der Waals surface area contributed by atoms with Gasteiger partial charge >= 0.3 is 5.97 Å². The molecule has 0 aromatic heterocycles. The fourth-order valence-corrected chi connectivity index (χ4v) is 3.03. The molecule has 1 aromatic carbocycles. The largest absolute Gasteiger partial charge is 0.459 e. The summed E-state index contributed by atoms with van der Waals surface area (Å²) in [5.74, 6) is -0.0538. The Morgan fingerprint density at radius 3 is 2.53 bits per heavy atom. The van der Waals surface area contributed by atoms with Crippen molar-refractivity contribution in [2.45, 2.75) is 25.0 Å². The smallest absolute Gasteiger partial charge is 0.339 e. The minimum Gasteiger partial charge on any atom is -0.459 e. The standard InChI is InChI=1S/C15H19NO3/c17-14(12-4-2-1-3-5-12)15(18)19-13-10-16-8-6-11(13)7-9-16/h1-5,11,13-14,17H,6-10H2. The molecule has 4 rings (SSSR count). The van der Waals surface area contributed by atoms with Gasteiger partial charge in [-0.1, -0.05) is 30.3 Å². The molecule has 2 bridgehead atoms. The van der Waals surface area contributed by atoms with Crippen LogP contribution >= 0.6 is 0 Å². The molecule has 3 aliphatic heterocycles. The van der Waals surface area contributed by atoms with Gasteiger partial charge in [0.15, 0.2) is 6.10 Å². The van der Waals surface area contributed by atoms with E-state index in [4.69, 9.17) is 4.74 Å². The first-order valence-electron chi connectivity index (χ1n) is 6.90. The van der Waals surface area contributed by atoms with Crippen molar-refractivity contribution in [3.8, 4) is 0 Å². The van der Waals surface area contributed by atoms with Crippen molar-refractivity contribution in [3.05, 3.63) is 35.9 Å². The summed E-state index contributed by atoms with van der Waals surface area (Å²) in [6, 6.07) is 8.94. The SMILES string of the molecule is O=C(OC1CN2CCC1CC2)C(O)c1ccccc1. The van der Waals surface area contributed by atoms with Crippen LogP contribution < -0.4 is 0 Å². The van der Waals surface area contributed by atoms with Crippen molar-refractivity contribution < 1.29 is 14.6 Å². The monoisotopic (exact) mass is 261 g/mol. The zero-order chi connectivity index (χ0) is 13.2. The first kappa shape index (κ1) is 12.6. The number of fused-ring (bicyclic) bond motifs is 3. The molecule has 2 unspecified atom stereocenters. The number of ether oxygens (including phenoxy) is 1. The van der Waals surface area contributed by atoms with Crippen molar-refractivity contribution in [2.24, 2.45) is 5.92 Å². The van der Waals surface area contributed by atoms with Crippen molar-refractivity contribution in [2.75, 3.05) is 19.6 Å². The van der Waals surface area contributed by atoms with E-state index in [0.717, 1.165) is 32.5 Å². The molecule has 1 aromatic rings. The van der Waals surface area contributed by atoms with Gasteiger partial charge in [0.05, 0.1) is 0 Å². The van der Waals surface area contributed by atoms with Gasteiger partial charge < -0.3 is 9.84 Å². The molecule has 1 N–H and O–H groups in total. The fraction of sp³-hybridized carbons (Fsp3) is 0.533. The lowest BCUT2D eigenvalue weighted by Crippen LogP contribution is -2.52. The minimum atomic E-state index is -1.17. The normalized spacial score (nSPS) is 30.9. The molecule has 0 saturated carbocycles. The van der Waals surface area contributed by atoms with Crippen LogP contribution in [0.1, 0.15) is 24.5 Å². The van der Waals surface area contributed by atoms with E-state index in [-0.39, 0.29) is 6.10 Å². The van der Waals surface area contributed by atoms with Crippen molar-refractivity contribution in [1.82, 2.24) is 4.90 Å². The molecule has 19 heavy (non-hydrogen) atoms. The number of aliphatic hydroxyl groups is 1. The molecule has 102 valence electrons. The summed E-state index contributed by atoms with van der Waals surface area (Å²) in [6.07, 6.45) is 0.976. The lowest BCUT2D eigenvalue weighted by Gasteiger charge is -2.44. The van der Waals surface area contributed by atoms with Gasteiger partial charge in [0.25, 0.3) is 0 Å². The van der Waals surface area contributed by atoms with Crippen molar-refractivity contribution in [1.29, 1.82) is 0 Å². The second-order valence-electron chi connectivity index (χ2n) is 5.43. The Hall–Kier alpha value is -1.39. The Labute approximate surface area is 113 Å². The molecule has 3 saturated heterocycles. The first-order valence-corrected chi connectivity index (χ1v) is 6.90. The predicted molar refractivity (Wildman–Crippen MR) is 70.4 cm³/mol. The van der Waals surface area contributed by atoms with Crippen LogP contribution in [0.2, 0.25) is 0 Å². The number of carbonyl (C=O) groups is 1. The molecule has 3 aliphatic rings. The minimum absolute atomic E-state index is 0.0478. The van der Waals surface area contributed by atoms with Crippen LogP contribution in [-0.2, 0) is 9.53 Å². The number of aliphatic hydroxyl groups excluding tert-OH is 1. The third-order valence-corrected chi connectivity index (χ3v) is 4.20. The maximum Gasteiger partial charge on any atom is 0.339 e. The summed E-state index contributed by atoms with van der Waals surface area (Å²) in [6.45, 7) is 3.04. The lowest BCUT2D eigenvalue weighted by atomic mass is 9.86. The molecule has 4 nitrogen and oxygen atoms in total. The van der Waals surface area contributed by atoms with Crippen LogP contribution in [0.25, 0.3) is 0 Å². The molecule has 2 atom stereocenters. The highest BCUT2D eigenvalue weighted by Crippen LogP contribution is 2.30. The van der Waals surface area contributed by atoms with E-state index in [1.165, 1.54) is 0 Å². The first-order chi connectivity index (χ1) is 9.24. The number of carbonyl (C=O) groups excluding carboxylic acids is 1. The summed E-state index contributed by atoms with van der Waals surface area (Å²) in [7, 11) is 0. The van der Waals surface area contributed by atoms with Gasteiger partial charge in [-0.25, -0.2) is 4.79 Å². The third-order valence-electron chi connectivity index (χ3n) is 4.20. The number of benzene rings is 1. The van der Waals surface area contributed by atoms with E-state index in [0.29, 0.717) is 11.5 Å². The summed E-state index contributed by atoms with van der Waals surface area (Å²) in [5, 5.41) is 10.0. The second-order valence-corrected chi connectivity index (χ2v) is 5.43. The molecule has 3 fully saturated rings. The van der Waals surface area contributed by atoms with Gasteiger partial charge in [-0.2, -0.15) is 0 Å². The Morgan fingerprint density at radius 2 is 1.95 bits per heavy atom. The van der Waals surface area contributed by atoms with Crippen LogP contribution in [-0.4, -0.2) is 41.7 Å². The topological polar surface area (TPSA) is 49.8 Å². The number of piperidine rings is 3. The van der Waals surface area contributed by atoms with Crippen LogP contribution in [0.5, 0.6) is 0 Å². The Kier molecular flexibility index (Phi) is 3.53. The van der Waals surface area contributed by atoms with Gasteiger partial charge in [0, 0.05) is 6.54 Å². The van der Waals surface area contributed by atoms with Gasteiger partial charge in [0.2, 0.25) is 0 Å². The van der Waals surface area contributed by atoms with E-state index >= 15 is 0 Å². The van der Waals surface area contributed by atoms with Crippen LogP contribution in [0.4, 0.5) is 0 Å². The van der Waals surface area contributed by atoms with Gasteiger partial charge in [-0.05, 0) is 37.4 Å². The van der Waals surface area contributed by atoms with Crippen molar-refractivity contribution >= 4 is 5.97 Å². The number of hydrogen-bond acceptors (Lipinski definition) is 4. The maximum atomic E-state index is 12.0. The number of hydrogen-bond donors (Lipinski definition) is 1. The third kappa shape index (κ3) is 2.65. The number of rotatable bonds is 3. The summed E-state index contributed by atoms with van der Waals surface area (Å²) >= 11 is 0. The summed E-state index contributed by atoms with van der Waals surface area (Å²) in [4.78, 5) is 14.3. The predicted octanol–water partition coefficient (Wildman–Crippen LogP) is 1.36. The van der Waals surface area contributed by atoms with Crippen LogP contribution in [0, 0.1) is 5.92 Å². The Morgan fingerprint density at radius 1 is 1.26 bits per heavy atom. The summed E-state index contributed by atoms with van der Waals surface area (Å²) < 4.78 is 5.51. The molecule has 4 heteroatoms. The highest BCUT2D eigenvalue weighted by atomic mass is 16.6. The van der Waals surface area contributed by atoms with Crippen LogP contribution in [0.15, 0.2) is 30.3 Å². The average Bonchev–Trinajstić information content (AvgIpc) is 2.48. The average molecular weight is 261 g/mol. The quantitative estimate of drug-likeness (QED) is 0.835. The molecule has 0 radical (unpaired) electrons. The lowest BCUT2D eigenvalue weighted by molar-refractivity contribution is -0.169. The van der Waals surface area contributed by atoms with E-state index in [1.54, 1.807) is 24.3 Å². The Bertz CT molecular complexity index is 440. The maximum absolute atomic E-state index is 12.0. The molecular formula is C15H19NO3. The van der Waals surface area contributed by atoms with Crippen molar-refractivity contribution in [3.63, 3.8) is 0 Å². The summed E-state index contributed by atoms with van der Waals surface area (Å²) in [5.41, 5.74) is 0.591. The number of nitrogens with zero attached hydrogens (tertiary/aromatic N) is 1. The second kappa shape index (κ2) is 5.31. The van der Waals surface area contributed by atoms with E-state index in [2.05, 4.69) is 4.90 Å². The highest BCUT2D eigenvalue weighted by Gasteiger charge is 2.37. The number of esters is 1. The Balaban J connectivity index is 1.62. The molecule has 0 amide bonds. The fourth-order valence-electron chi connectivity index (χ4n) is 3.03. The van der Waals surface area contributed by atoms with Crippen LogP contribution in [0.3, 0.4) is 0 Å². The van der Waals surface area contributed by atoms with Gasteiger partial charge in [-0.15, -0.1) is 0 Å². The van der Waals surface area contributed by atoms with E-state index in [9.17, 15) is 9.90 Å². The zero-order valence-corrected chi connectivity index (χ0v) is 10.9. The molecule has 0 spiro atoms. The van der Waals surface area contributed by atoms with Gasteiger partial charge in [0.1, 0.15) is 6.10 Å². The highest BCUT2D eigenvalue weighted by molar-refractivity contribution is 5.76.